The number of anilines is 1. The van der Waals surface area contributed by atoms with Crippen LogP contribution < -0.4 is 5.32 Å². The van der Waals surface area contributed by atoms with Gasteiger partial charge in [0.1, 0.15) is 10.3 Å². The van der Waals surface area contributed by atoms with Gasteiger partial charge in [-0.2, -0.15) is 0 Å². The van der Waals surface area contributed by atoms with Gasteiger partial charge in [-0.1, -0.05) is 17.7 Å². The van der Waals surface area contributed by atoms with Gasteiger partial charge < -0.3 is 10.4 Å². The molecule has 110 valence electrons. The molecule has 1 aromatic rings. The van der Waals surface area contributed by atoms with Crippen LogP contribution in [-0.2, 0) is 14.6 Å². The highest BCUT2D eigenvalue weighted by Crippen LogP contribution is 2.26. The number of hydrogen-bond acceptors (Lipinski definition) is 4. The molecule has 0 aliphatic rings. The SMILES string of the molecule is CC(C)(C(=O)Nc1cccc(Cl)c1C(=O)O)S(C)(=O)=O. The minimum absolute atomic E-state index is 0.0486. The van der Waals surface area contributed by atoms with Gasteiger partial charge in [0.25, 0.3) is 0 Å². The summed E-state index contributed by atoms with van der Waals surface area (Å²) in [6, 6.07) is 4.16. The van der Waals surface area contributed by atoms with E-state index in [0.29, 0.717) is 0 Å². The van der Waals surface area contributed by atoms with Crippen molar-refractivity contribution in [3.8, 4) is 0 Å². The van der Waals surface area contributed by atoms with Gasteiger partial charge in [-0.25, -0.2) is 13.2 Å². The van der Waals surface area contributed by atoms with Gasteiger partial charge in [0, 0.05) is 6.26 Å². The van der Waals surface area contributed by atoms with Crippen molar-refractivity contribution >= 4 is 39.0 Å². The Bertz CT molecular complexity index is 666. The number of benzene rings is 1. The zero-order valence-corrected chi connectivity index (χ0v) is 12.7. The molecular weight excluding hydrogens is 306 g/mol. The fourth-order valence-corrected chi connectivity index (χ4v) is 1.93. The smallest absolute Gasteiger partial charge is 0.339 e. The van der Waals surface area contributed by atoms with E-state index in [0.717, 1.165) is 6.26 Å². The van der Waals surface area contributed by atoms with Crippen molar-refractivity contribution in [3.63, 3.8) is 0 Å². The molecule has 0 bridgehead atoms. The van der Waals surface area contributed by atoms with Gasteiger partial charge in [-0.15, -0.1) is 0 Å². The first kappa shape index (κ1) is 16.5. The summed E-state index contributed by atoms with van der Waals surface area (Å²) in [5.41, 5.74) is -0.335. The second-order valence-electron chi connectivity index (χ2n) is 4.70. The van der Waals surface area contributed by atoms with Gasteiger partial charge in [0.15, 0.2) is 9.84 Å². The first-order chi connectivity index (χ1) is 8.98. The molecule has 0 fully saturated rings. The lowest BCUT2D eigenvalue weighted by Crippen LogP contribution is -2.44. The summed E-state index contributed by atoms with van der Waals surface area (Å²) in [7, 11) is -3.66. The number of rotatable bonds is 4. The van der Waals surface area contributed by atoms with E-state index in [1.54, 1.807) is 0 Å². The maximum atomic E-state index is 12.0. The Hall–Kier alpha value is -1.60. The minimum Gasteiger partial charge on any atom is -0.478 e. The number of aromatic carboxylic acids is 1. The molecule has 1 aromatic carbocycles. The molecule has 0 unspecified atom stereocenters. The Balaban J connectivity index is 3.22. The molecule has 0 heterocycles. The van der Waals surface area contributed by atoms with E-state index in [9.17, 15) is 18.0 Å². The lowest BCUT2D eigenvalue weighted by Gasteiger charge is -2.22. The summed E-state index contributed by atoms with van der Waals surface area (Å²) >= 11 is 5.76. The third-order valence-corrected chi connectivity index (χ3v) is 5.30. The zero-order chi connectivity index (χ0) is 15.7. The molecular formula is C12H14ClNO5S. The highest BCUT2D eigenvalue weighted by Gasteiger charge is 2.39. The lowest BCUT2D eigenvalue weighted by molar-refractivity contribution is -0.117. The first-order valence-corrected chi connectivity index (χ1v) is 7.78. The normalized spacial score (nSPS) is 12.0. The van der Waals surface area contributed by atoms with Crippen molar-refractivity contribution in [3.05, 3.63) is 28.8 Å². The van der Waals surface area contributed by atoms with Gasteiger partial charge in [-0.05, 0) is 26.0 Å². The predicted octanol–water partition coefficient (Wildman–Crippen LogP) is 1.80. The topological polar surface area (TPSA) is 101 Å². The summed E-state index contributed by atoms with van der Waals surface area (Å²) in [4.78, 5) is 23.2. The van der Waals surface area contributed by atoms with Gasteiger partial charge >= 0.3 is 5.97 Å². The molecule has 0 aliphatic heterocycles. The molecule has 0 aromatic heterocycles. The second kappa shape index (κ2) is 5.41. The van der Waals surface area contributed by atoms with Crippen LogP contribution in [0.5, 0.6) is 0 Å². The van der Waals surface area contributed by atoms with Crippen LogP contribution in [0.1, 0.15) is 24.2 Å². The van der Waals surface area contributed by atoms with E-state index in [-0.39, 0.29) is 16.3 Å². The van der Waals surface area contributed by atoms with Gasteiger partial charge in [-0.3, -0.25) is 4.79 Å². The van der Waals surface area contributed by atoms with Crippen molar-refractivity contribution in [2.75, 3.05) is 11.6 Å². The molecule has 8 heteroatoms. The van der Waals surface area contributed by atoms with Gasteiger partial charge in [0.05, 0.1) is 10.7 Å². The molecule has 0 spiro atoms. The molecule has 6 nitrogen and oxygen atoms in total. The summed E-state index contributed by atoms with van der Waals surface area (Å²) in [6.45, 7) is 2.48. The molecule has 0 radical (unpaired) electrons. The van der Waals surface area contributed by atoms with E-state index >= 15 is 0 Å². The minimum atomic E-state index is -3.66. The van der Waals surface area contributed by atoms with E-state index < -0.39 is 26.5 Å². The second-order valence-corrected chi connectivity index (χ2v) is 7.68. The number of sulfone groups is 1. The van der Waals surface area contributed by atoms with Crippen molar-refractivity contribution in [2.45, 2.75) is 18.6 Å². The van der Waals surface area contributed by atoms with E-state index in [1.807, 2.05) is 0 Å². The third-order valence-electron chi connectivity index (χ3n) is 2.95. The molecule has 20 heavy (non-hydrogen) atoms. The Kier molecular flexibility index (Phi) is 4.45. The van der Waals surface area contributed by atoms with Crippen LogP contribution in [0.3, 0.4) is 0 Å². The molecule has 2 N–H and O–H groups in total. The Morgan fingerprint density at radius 1 is 1.30 bits per heavy atom. The van der Waals surface area contributed by atoms with Crippen LogP contribution in [0.15, 0.2) is 18.2 Å². The molecule has 0 saturated carbocycles. The van der Waals surface area contributed by atoms with Crippen LogP contribution in [-0.4, -0.2) is 36.4 Å². The summed E-state index contributed by atoms with van der Waals surface area (Å²) in [6.07, 6.45) is 0.933. The Morgan fingerprint density at radius 2 is 1.85 bits per heavy atom. The van der Waals surface area contributed by atoms with E-state index in [1.165, 1.54) is 32.0 Å². The number of hydrogen-bond donors (Lipinski definition) is 2. The van der Waals surface area contributed by atoms with Crippen LogP contribution in [0.2, 0.25) is 5.02 Å². The fourth-order valence-electron chi connectivity index (χ4n) is 1.29. The number of nitrogens with one attached hydrogen (secondary N) is 1. The zero-order valence-electron chi connectivity index (χ0n) is 11.1. The molecule has 1 amide bonds. The molecule has 0 saturated heterocycles. The number of carboxylic acid groups (broad SMARTS) is 1. The van der Waals surface area contributed by atoms with E-state index in [4.69, 9.17) is 16.7 Å². The maximum Gasteiger partial charge on any atom is 0.339 e. The van der Waals surface area contributed by atoms with Crippen LogP contribution in [0, 0.1) is 0 Å². The average molecular weight is 320 g/mol. The fraction of sp³-hybridized carbons (Fsp3) is 0.333. The largest absolute Gasteiger partial charge is 0.478 e. The van der Waals surface area contributed by atoms with Crippen molar-refractivity contribution in [2.24, 2.45) is 0 Å². The summed E-state index contributed by atoms with van der Waals surface area (Å²) in [5, 5.41) is 11.3. The van der Waals surface area contributed by atoms with Crippen LogP contribution >= 0.6 is 11.6 Å². The van der Waals surface area contributed by atoms with Crippen LogP contribution in [0.4, 0.5) is 5.69 Å². The number of halogens is 1. The third kappa shape index (κ3) is 3.10. The maximum absolute atomic E-state index is 12.0. The quantitative estimate of drug-likeness (QED) is 0.881. The van der Waals surface area contributed by atoms with Gasteiger partial charge in [0.2, 0.25) is 5.91 Å². The number of carbonyl (C=O) groups excluding carboxylic acids is 1. The molecule has 1 rings (SSSR count). The summed E-state index contributed by atoms with van der Waals surface area (Å²) < 4.78 is 21.4. The number of amides is 1. The van der Waals surface area contributed by atoms with Crippen molar-refractivity contribution in [1.29, 1.82) is 0 Å². The first-order valence-electron chi connectivity index (χ1n) is 5.51. The number of carboxylic acids is 1. The average Bonchev–Trinajstić information content (AvgIpc) is 2.26. The van der Waals surface area contributed by atoms with E-state index in [2.05, 4.69) is 5.32 Å². The monoisotopic (exact) mass is 319 g/mol. The summed E-state index contributed by atoms with van der Waals surface area (Å²) in [5.74, 6) is -2.15. The standard InChI is InChI=1S/C12H14ClNO5S/c1-12(2,20(3,18)19)11(17)14-8-6-4-5-7(13)9(8)10(15)16/h4-6H,1-3H3,(H,14,17)(H,15,16). The highest BCUT2D eigenvalue weighted by atomic mass is 35.5. The van der Waals surface area contributed by atoms with Crippen molar-refractivity contribution in [1.82, 2.24) is 0 Å². The predicted molar refractivity (Wildman–Crippen MR) is 76.0 cm³/mol. The Morgan fingerprint density at radius 3 is 2.30 bits per heavy atom. The van der Waals surface area contributed by atoms with Crippen molar-refractivity contribution < 1.29 is 23.1 Å². The molecule has 0 aliphatic carbocycles. The van der Waals surface area contributed by atoms with Crippen LogP contribution in [0.25, 0.3) is 0 Å². The number of carbonyl (C=O) groups is 2. The molecule has 0 atom stereocenters. The Labute approximate surface area is 121 Å². The lowest BCUT2D eigenvalue weighted by atomic mass is 10.1. The highest BCUT2D eigenvalue weighted by molar-refractivity contribution is 7.92.